The van der Waals surface area contributed by atoms with Crippen LogP contribution in [-0.4, -0.2) is 23.7 Å². The number of imidazole rings is 1. The first-order valence-corrected chi connectivity index (χ1v) is 6.54. The molecule has 0 aromatic carbocycles. The van der Waals surface area contributed by atoms with Crippen molar-refractivity contribution in [3.05, 3.63) is 44.3 Å². The summed E-state index contributed by atoms with van der Waals surface area (Å²) < 4.78 is 4.07. The lowest BCUT2D eigenvalue weighted by atomic mass is 10.3. The zero-order valence-electron chi connectivity index (χ0n) is 11.7. The molecule has 0 aliphatic rings. The Balaban J connectivity index is 2.43. The maximum atomic E-state index is 12.3. The topological polar surface area (TPSA) is 74.7 Å². The number of hydrogen-bond acceptors (Lipinski definition) is 4. The van der Waals surface area contributed by atoms with Crippen LogP contribution in [-0.2, 0) is 21.1 Å². The number of aromatic nitrogens is 5. The van der Waals surface area contributed by atoms with E-state index in [1.807, 2.05) is 0 Å². The van der Waals surface area contributed by atoms with Gasteiger partial charge < -0.3 is 4.57 Å². The molecule has 7 nitrogen and oxygen atoms in total. The summed E-state index contributed by atoms with van der Waals surface area (Å²) in [7, 11) is 4.76. The van der Waals surface area contributed by atoms with Gasteiger partial charge in [-0.25, -0.2) is 14.8 Å². The maximum absolute atomic E-state index is 12.3. The van der Waals surface area contributed by atoms with E-state index in [-0.39, 0.29) is 5.56 Å². The van der Waals surface area contributed by atoms with Crippen molar-refractivity contribution in [2.75, 3.05) is 0 Å². The molecule has 3 rings (SSSR count). The van der Waals surface area contributed by atoms with E-state index in [4.69, 9.17) is 11.6 Å². The summed E-state index contributed by atoms with van der Waals surface area (Å²) in [5, 5.41) is 0.376. The average Bonchev–Trinajstić information content (AvgIpc) is 2.81. The minimum absolute atomic E-state index is 0.343. The maximum Gasteiger partial charge on any atom is 0.332 e. The lowest BCUT2D eigenvalue weighted by Crippen LogP contribution is -2.37. The summed E-state index contributed by atoms with van der Waals surface area (Å²) in [6.45, 7) is 0. The molecular weight excluding hydrogens is 294 g/mol. The van der Waals surface area contributed by atoms with Crippen LogP contribution in [0.3, 0.4) is 0 Å². The van der Waals surface area contributed by atoms with Crippen LogP contribution in [0.4, 0.5) is 0 Å². The molecule has 8 heteroatoms. The molecule has 3 aromatic heterocycles. The predicted molar refractivity (Wildman–Crippen MR) is 79.4 cm³/mol. The molecule has 0 aliphatic heterocycles. The molecule has 0 bridgehead atoms. The fourth-order valence-electron chi connectivity index (χ4n) is 2.28. The monoisotopic (exact) mass is 305 g/mol. The van der Waals surface area contributed by atoms with E-state index < -0.39 is 5.69 Å². The fraction of sp³-hybridized carbons (Fsp3) is 0.231. The number of hydrogen-bond donors (Lipinski definition) is 0. The first-order valence-electron chi connectivity index (χ1n) is 6.16. The van der Waals surface area contributed by atoms with Gasteiger partial charge in [-0.15, -0.1) is 0 Å². The van der Waals surface area contributed by atoms with E-state index in [9.17, 15) is 9.59 Å². The Labute approximate surface area is 124 Å². The quantitative estimate of drug-likeness (QED) is 0.620. The number of fused-ring (bicyclic) bond motifs is 1. The van der Waals surface area contributed by atoms with Gasteiger partial charge in [0.25, 0.3) is 5.56 Å². The molecule has 3 heterocycles. The van der Waals surface area contributed by atoms with Crippen LogP contribution in [0.5, 0.6) is 0 Å². The second kappa shape index (κ2) is 4.56. The number of rotatable bonds is 1. The average molecular weight is 306 g/mol. The summed E-state index contributed by atoms with van der Waals surface area (Å²) in [5.41, 5.74) is 0.635. The van der Waals surface area contributed by atoms with Gasteiger partial charge in [-0.05, 0) is 12.1 Å². The first kappa shape index (κ1) is 13.6. The standard InChI is InChI=1S/C13H12ClN5O2/c1-17-9-11(18(2)13(21)19(3)12(9)20)16-10(17)7-4-5-8(14)15-6-7/h4-6H,1-3H3. The normalized spacial score (nSPS) is 11.2. The van der Waals surface area contributed by atoms with Crippen LogP contribution in [0, 0.1) is 0 Å². The van der Waals surface area contributed by atoms with Crippen molar-refractivity contribution in [1.29, 1.82) is 0 Å². The Kier molecular flexibility index (Phi) is 2.94. The molecule has 21 heavy (non-hydrogen) atoms. The molecule has 0 atom stereocenters. The summed E-state index contributed by atoms with van der Waals surface area (Å²) in [6, 6.07) is 3.41. The van der Waals surface area contributed by atoms with Crippen LogP contribution < -0.4 is 11.2 Å². The van der Waals surface area contributed by atoms with Crippen LogP contribution in [0.1, 0.15) is 0 Å². The van der Waals surface area contributed by atoms with Gasteiger partial charge in [-0.1, -0.05) is 11.6 Å². The van der Waals surface area contributed by atoms with Gasteiger partial charge in [0.15, 0.2) is 11.2 Å². The van der Waals surface area contributed by atoms with Gasteiger partial charge in [0.2, 0.25) is 0 Å². The van der Waals surface area contributed by atoms with Crippen molar-refractivity contribution in [3.63, 3.8) is 0 Å². The molecular formula is C13H12ClN5O2. The summed E-state index contributed by atoms with van der Waals surface area (Å²) in [5.74, 6) is 0.549. The zero-order chi connectivity index (χ0) is 15.3. The van der Waals surface area contributed by atoms with Crippen LogP contribution >= 0.6 is 11.6 Å². The largest absolute Gasteiger partial charge is 0.332 e. The SMILES string of the molecule is Cn1c(=O)c2c(nc(-c3ccc(Cl)nc3)n2C)n(C)c1=O. The van der Waals surface area contributed by atoms with Gasteiger partial charge >= 0.3 is 5.69 Å². The first-order chi connectivity index (χ1) is 9.91. The smallest absolute Gasteiger partial charge is 0.321 e. The summed E-state index contributed by atoms with van der Waals surface area (Å²) >= 11 is 5.77. The molecule has 108 valence electrons. The molecule has 0 amide bonds. The molecule has 0 spiro atoms. The molecule has 0 aliphatic carbocycles. The third kappa shape index (κ3) is 1.89. The minimum Gasteiger partial charge on any atom is -0.321 e. The Morgan fingerprint density at radius 1 is 1.05 bits per heavy atom. The Bertz CT molecular complexity index is 965. The van der Waals surface area contributed by atoms with Gasteiger partial charge in [0, 0.05) is 32.9 Å². The molecule has 0 fully saturated rings. The van der Waals surface area contributed by atoms with Crippen molar-refractivity contribution in [2.24, 2.45) is 21.1 Å². The van der Waals surface area contributed by atoms with Crippen molar-refractivity contribution in [2.45, 2.75) is 0 Å². The van der Waals surface area contributed by atoms with Gasteiger partial charge in [0.05, 0.1) is 0 Å². The van der Waals surface area contributed by atoms with Crippen molar-refractivity contribution in [3.8, 4) is 11.4 Å². The zero-order valence-corrected chi connectivity index (χ0v) is 12.4. The Hall–Kier alpha value is -2.41. The fourth-order valence-corrected chi connectivity index (χ4v) is 2.40. The van der Waals surface area contributed by atoms with Gasteiger partial charge in [-0.3, -0.25) is 13.9 Å². The Morgan fingerprint density at radius 3 is 2.38 bits per heavy atom. The van der Waals surface area contributed by atoms with E-state index in [2.05, 4.69) is 9.97 Å². The number of pyridine rings is 1. The number of halogens is 1. The lowest BCUT2D eigenvalue weighted by Gasteiger charge is -2.03. The molecule has 0 saturated heterocycles. The molecule has 0 unspecified atom stereocenters. The van der Waals surface area contributed by atoms with E-state index >= 15 is 0 Å². The third-order valence-corrected chi connectivity index (χ3v) is 3.68. The van der Waals surface area contributed by atoms with E-state index in [0.29, 0.717) is 27.7 Å². The second-order valence-electron chi connectivity index (χ2n) is 4.74. The van der Waals surface area contributed by atoms with Crippen LogP contribution in [0.25, 0.3) is 22.6 Å². The van der Waals surface area contributed by atoms with Crippen molar-refractivity contribution < 1.29 is 0 Å². The van der Waals surface area contributed by atoms with Crippen molar-refractivity contribution in [1.82, 2.24) is 23.7 Å². The van der Waals surface area contributed by atoms with Crippen LogP contribution in [0.2, 0.25) is 5.15 Å². The minimum atomic E-state index is -0.411. The molecule has 0 saturated carbocycles. The highest BCUT2D eigenvalue weighted by Gasteiger charge is 2.17. The lowest BCUT2D eigenvalue weighted by molar-refractivity contribution is 0.705. The van der Waals surface area contributed by atoms with Gasteiger partial charge in [-0.2, -0.15) is 0 Å². The Morgan fingerprint density at radius 2 is 1.76 bits per heavy atom. The summed E-state index contributed by atoms with van der Waals surface area (Å²) in [6.07, 6.45) is 1.58. The highest BCUT2D eigenvalue weighted by Crippen LogP contribution is 2.21. The molecule has 0 N–H and O–H groups in total. The van der Waals surface area contributed by atoms with Gasteiger partial charge in [0.1, 0.15) is 11.0 Å². The number of nitrogens with zero attached hydrogens (tertiary/aromatic N) is 5. The molecule has 0 radical (unpaired) electrons. The van der Waals surface area contributed by atoms with E-state index in [0.717, 1.165) is 4.57 Å². The predicted octanol–water partition coefficient (Wildman–Crippen LogP) is 0.686. The highest BCUT2D eigenvalue weighted by atomic mass is 35.5. The van der Waals surface area contributed by atoms with E-state index in [1.54, 1.807) is 37.0 Å². The second-order valence-corrected chi connectivity index (χ2v) is 5.13. The summed E-state index contributed by atoms with van der Waals surface area (Å²) in [4.78, 5) is 32.6. The third-order valence-electron chi connectivity index (χ3n) is 3.46. The highest BCUT2D eigenvalue weighted by molar-refractivity contribution is 6.29. The van der Waals surface area contributed by atoms with Crippen LogP contribution in [0.15, 0.2) is 27.9 Å². The number of aryl methyl sites for hydroxylation is 2. The van der Waals surface area contributed by atoms with Crippen molar-refractivity contribution >= 4 is 22.8 Å². The van der Waals surface area contributed by atoms with E-state index in [1.165, 1.54) is 11.6 Å². The molecule has 3 aromatic rings.